The van der Waals surface area contributed by atoms with Crippen LogP contribution in [-0.4, -0.2) is 26.8 Å². The fraction of sp³-hybridized carbons (Fsp3) is 0.280. The molecule has 0 unspecified atom stereocenters. The number of halogens is 3. The third-order valence-electron chi connectivity index (χ3n) is 5.32. The SMILES string of the molecule is C=C(C)C(F)(F)c1ncn(Cc2cc(CO)c(OC)nc2CC)c(=O)c1Oc1cc(Cl)cc(C#N)c1. The Morgan fingerprint density at radius 1 is 1.31 bits per heavy atom. The Hall–Kier alpha value is -3.81. The van der Waals surface area contributed by atoms with Crippen molar-refractivity contribution >= 4 is 11.6 Å². The van der Waals surface area contributed by atoms with Gasteiger partial charge in [-0.15, -0.1) is 0 Å². The largest absolute Gasteiger partial charge is 0.481 e. The number of allylic oxidation sites excluding steroid dienone is 1. The van der Waals surface area contributed by atoms with Gasteiger partial charge in [0.05, 0.1) is 38.2 Å². The Bertz CT molecular complexity index is 1420. The van der Waals surface area contributed by atoms with E-state index in [2.05, 4.69) is 16.5 Å². The smallest absolute Gasteiger partial charge is 0.314 e. The quantitative estimate of drug-likeness (QED) is 0.409. The van der Waals surface area contributed by atoms with Crippen LogP contribution in [-0.2, 0) is 25.5 Å². The van der Waals surface area contributed by atoms with Crippen LogP contribution in [0.3, 0.4) is 0 Å². The summed E-state index contributed by atoms with van der Waals surface area (Å²) in [6.45, 7) is 5.82. The first-order valence-electron chi connectivity index (χ1n) is 10.7. The molecule has 1 N–H and O–H groups in total. The van der Waals surface area contributed by atoms with Crippen LogP contribution in [0.15, 0.2) is 47.5 Å². The molecule has 8 nitrogen and oxygen atoms in total. The summed E-state index contributed by atoms with van der Waals surface area (Å²) in [7, 11) is 1.42. The van der Waals surface area contributed by atoms with E-state index in [1.807, 2.05) is 13.0 Å². The van der Waals surface area contributed by atoms with Gasteiger partial charge in [0.2, 0.25) is 11.6 Å². The zero-order chi connectivity index (χ0) is 26.6. The van der Waals surface area contributed by atoms with Crippen LogP contribution >= 0.6 is 11.6 Å². The van der Waals surface area contributed by atoms with Crippen LogP contribution in [0.2, 0.25) is 5.02 Å². The molecule has 0 radical (unpaired) electrons. The molecule has 3 rings (SSSR count). The Balaban J connectivity index is 2.18. The molecule has 188 valence electrons. The first kappa shape index (κ1) is 26.8. The van der Waals surface area contributed by atoms with Crippen molar-refractivity contribution in [3.05, 3.63) is 86.2 Å². The van der Waals surface area contributed by atoms with E-state index in [1.165, 1.54) is 25.3 Å². The van der Waals surface area contributed by atoms with Crippen molar-refractivity contribution in [2.45, 2.75) is 39.3 Å². The fourth-order valence-electron chi connectivity index (χ4n) is 3.44. The molecular weight excluding hydrogens is 494 g/mol. The number of nitrogens with zero attached hydrogens (tertiary/aromatic N) is 4. The number of benzene rings is 1. The molecule has 0 saturated carbocycles. The number of aryl methyl sites for hydroxylation is 1. The highest BCUT2D eigenvalue weighted by Gasteiger charge is 2.39. The molecule has 0 saturated heterocycles. The summed E-state index contributed by atoms with van der Waals surface area (Å²) in [5, 5.41) is 19.0. The minimum Gasteiger partial charge on any atom is -0.481 e. The van der Waals surface area contributed by atoms with Crippen molar-refractivity contribution in [2.24, 2.45) is 0 Å². The Morgan fingerprint density at radius 3 is 2.61 bits per heavy atom. The van der Waals surface area contributed by atoms with Crippen LogP contribution in [0.4, 0.5) is 8.78 Å². The van der Waals surface area contributed by atoms with Gasteiger partial charge in [0.25, 0.3) is 5.56 Å². The zero-order valence-corrected chi connectivity index (χ0v) is 20.6. The fourth-order valence-corrected chi connectivity index (χ4v) is 3.67. The monoisotopic (exact) mass is 516 g/mol. The van der Waals surface area contributed by atoms with Crippen molar-refractivity contribution in [1.29, 1.82) is 5.26 Å². The van der Waals surface area contributed by atoms with Gasteiger partial charge in [-0.25, -0.2) is 9.97 Å². The number of ether oxygens (including phenoxy) is 2. The molecule has 1 aromatic carbocycles. The number of aliphatic hydroxyl groups is 1. The molecule has 11 heteroatoms. The Labute approximate surface area is 211 Å². The minimum absolute atomic E-state index is 0.0857. The van der Waals surface area contributed by atoms with Gasteiger partial charge in [-0.1, -0.05) is 25.1 Å². The lowest BCUT2D eigenvalue weighted by Gasteiger charge is -2.20. The average Bonchev–Trinajstić information content (AvgIpc) is 2.85. The van der Waals surface area contributed by atoms with E-state index >= 15 is 0 Å². The maximum Gasteiger partial charge on any atom is 0.314 e. The van der Waals surface area contributed by atoms with Gasteiger partial charge in [-0.2, -0.15) is 14.0 Å². The zero-order valence-electron chi connectivity index (χ0n) is 19.8. The summed E-state index contributed by atoms with van der Waals surface area (Å²) in [6, 6.07) is 7.43. The highest BCUT2D eigenvalue weighted by atomic mass is 35.5. The lowest BCUT2D eigenvalue weighted by molar-refractivity contribution is 0.0309. The first-order chi connectivity index (χ1) is 17.0. The van der Waals surface area contributed by atoms with Crippen LogP contribution < -0.4 is 15.0 Å². The van der Waals surface area contributed by atoms with Gasteiger partial charge < -0.3 is 14.6 Å². The van der Waals surface area contributed by atoms with Crippen LogP contribution in [0.5, 0.6) is 17.4 Å². The molecule has 0 atom stereocenters. The van der Waals surface area contributed by atoms with Gasteiger partial charge in [0.15, 0.2) is 5.69 Å². The Kier molecular flexibility index (Phi) is 8.07. The molecule has 2 aromatic heterocycles. The third kappa shape index (κ3) is 5.37. The van der Waals surface area contributed by atoms with E-state index in [9.17, 15) is 23.9 Å². The summed E-state index contributed by atoms with van der Waals surface area (Å²) < 4.78 is 41.8. The second-order valence-corrected chi connectivity index (χ2v) is 8.31. The second kappa shape index (κ2) is 10.8. The van der Waals surface area contributed by atoms with E-state index in [1.54, 1.807) is 6.07 Å². The molecule has 0 spiro atoms. The van der Waals surface area contributed by atoms with Crippen molar-refractivity contribution in [3.8, 4) is 23.4 Å². The van der Waals surface area contributed by atoms with Crippen LogP contribution in [0.25, 0.3) is 0 Å². The van der Waals surface area contributed by atoms with Crippen molar-refractivity contribution < 1.29 is 23.4 Å². The number of aromatic nitrogens is 3. The van der Waals surface area contributed by atoms with Gasteiger partial charge >= 0.3 is 5.92 Å². The first-order valence-corrected chi connectivity index (χ1v) is 11.1. The number of hydrogen-bond donors (Lipinski definition) is 1. The van der Waals surface area contributed by atoms with E-state index in [0.29, 0.717) is 23.2 Å². The molecular formula is C25H23ClF2N4O4. The van der Waals surface area contributed by atoms with E-state index < -0.39 is 28.5 Å². The Morgan fingerprint density at radius 2 is 2.03 bits per heavy atom. The maximum absolute atomic E-state index is 15.0. The minimum atomic E-state index is -3.68. The molecule has 3 aromatic rings. The summed E-state index contributed by atoms with van der Waals surface area (Å²) in [5.41, 5.74) is -0.702. The molecule has 36 heavy (non-hydrogen) atoms. The van der Waals surface area contributed by atoms with Gasteiger partial charge in [0.1, 0.15) is 5.75 Å². The molecule has 0 aliphatic carbocycles. The number of pyridine rings is 1. The summed E-state index contributed by atoms with van der Waals surface area (Å²) in [6.07, 6.45) is 1.47. The number of hydrogen-bond acceptors (Lipinski definition) is 7. The standard InChI is InChI=1S/C25H23ClF2N4O4/c1-5-20-16(8-17(12-33)23(31-20)35-4)11-32-13-30-22(25(27,28)14(2)3)21(24(32)34)36-19-7-15(10-29)6-18(26)9-19/h6-9,13,33H,2,5,11-12H2,1,3-4H3. The van der Waals surface area contributed by atoms with E-state index in [0.717, 1.165) is 17.8 Å². The average molecular weight is 517 g/mol. The van der Waals surface area contributed by atoms with Crippen LogP contribution in [0.1, 0.15) is 41.9 Å². The number of aliphatic hydroxyl groups excluding tert-OH is 1. The predicted octanol–water partition coefficient (Wildman–Crippen LogP) is 4.74. The normalized spacial score (nSPS) is 11.2. The number of nitriles is 1. The summed E-state index contributed by atoms with van der Waals surface area (Å²) >= 11 is 6.01. The number of alkyl halides is 2. The van der Waals surface area contributed by atoms with Crippen molar-refractivity contribution in [2.75, 3.05) is 7.11 Å². The van der Waals surface area contributed by atoms with E-state index in [-0.39, 0.29) is 35.4 Å². The van der Waals surface area contributed by atoms with Gasteiger partial charge in [-0.3, -0.25) is 9.36 Å². The molecule has 0 bridgehead atoms. The van der Waals surface area contributed by atoms with Gasteiger partial charge in [0, 0.05) is 16.3 Å². The predicted molar refractivity (Wildman–Crippen MR) is 129 cm³/mol. The molecule has 0 aliphatic rings. The third-order valence-corrected chi connectivity index (χ3v) is 5.54. The van der Waals surface area contributed by atoms with Crippen molar-refractivity contribution in [1.82, 2.24) is 14.5 Å². The maximum atomic E-state index is 15.0. The van der Waals surface area contributed by atoms with Crippen LogP contribution in [0, 0.1) is 11.3 Å². The highest BCUT2D eigenvalue weighted by molar-refractivity contribution is 6.30. The van der Waals surface area contributed by atoms with Crippen molar-refractivity contribution in [3.63, 3.8) is 0 Å². The number of methoxy groups -OCH3 is 1. The molecule has 0 aliphatic heterocycles. The lowest BCUT2D eigenvalue weighted by Crippen LogP contribution is -2.29. The summed E-state index contributed by atoms with van der Waals surface area (Å²) in [4.78, 5) is 21.7. The molecule has 0 amide bonds. The number of rotatable bonds is 9. The lowest BCUT2D eigenvalue weighted by atomic mass is 10.1. The highest BCUT2D eigenvalue weighted by Crippen LogP contribution is 2.38. The van der Waals surface area contributed by atoms with E-state index in [4.69, 9.17) is 21.1 Å². The molecule has 2 heterocycles. The second-order valence-electron chi connectivity index (χ2n) is 7.87. The van der Waals surface area contributed by atoms with Gasteiger partial charge in [-0.05, 0) is 48.7 Å². The summed E-state index contributed by atoms with van der Waals surface area (Å²) in [5.74, 6) is -4.25. The molecule has 0 fully saturated rings. The topological polar surface area (TPSA) is 110 Å².